The van der Waals surface area contributed by atoms with Crippen LogP contribution in [0.5, 0.6) is 0 Å². The number of nitrogens with zero attached hydrogens (tertiary/aromatic N) is 1. The predicted octanol–water partition coefficient (Wildman–Crippen LogP) is 3.81. The average Bonchev–Trinajstić information content (AvgIpc) is 2.65. The highest BCUT2D eigenvalue weighted by Crippen LogP contribution is 2.26. The molecule has 2 N–H and O–H groups in total. The first-order valence-corrected chi connectivity index (χ1v) is 7.11. The molecule has 6 heteroatoms. The van der Waals surface area contributed by atoms with Crippen LogP contribution in [0.1, 0.15) is 20.9 Å². The third-order valence-electron chi connectivity index (χ3n) is 2.42. The molecular formula is C12H11IN2O2S. The van der Waals surface area contributed by atoms with Gasteiger partial charge in [-0.1, -0.05) is 6.07 Å². The Morgan fingerprint density at radius 1 is 1.44 bits per heavy atom. The molecule has 0 atom stereocenters. The number of carboxylic acids is 1. The number of anilines is 2. The molecule has 94 valence electrons. The molecule has 0 aliphatic rings. The summed E-state index contributed by atoms with van der Waals surface area (Å²) in [6.45, 7) is 3.80. The van der Waals surface area contributed by atoms with Gasteiger partial charge in [0, 0.05) is 14.1 Å². The summed E-state index contributed by atoms with van der Waals surface area (Å²) in [5.41, 5.74) is 2.24. The smallest absolute Gasteiger partial charge is 0.355 e. The van der Waals surface area contributed by atoms with Crippen molar-refractivity contribution < 1.29 is 9.90 Å². The van der Waals surface area contributed by atoms with Crippen LogP contribution in [0.25, 0.3) is 0 Å². The number of benzene rings is 1. The summed E-state index contributed by atoms with van der Waals surface area (Å²) >= 11 is 3.61. The Bertz CT molecular complexity index is 610. The lowest BCUT2D eigenvalue weighted by Crippen LogP contribution is -1.99. The Kier molecular flexibility index (Phi) is 3.86. The summed E-state index contributed by atoms with van der Waals surface area (Å²) in [6.07, 6.45) is 0. The van der Waals surface area contributed by atoms with E-state index in [1.165, 1.54) is 16.9 Å². The molecular weight excluding hydrogens is 363 g/mol. The fraction of sp³-hybridized carbons (Fsp3) is 0.167. The molecule has 0 saturated heterocycles. The molecule has 1 aromatic carbocycles. The van der Waals surface area contributed by atoms with Crippen molar-refractivity contribution >= 4 is 50.7 Å². The van der Waals surface area contributed by atoms with Gasteiger partial charge in [-0.2, -0.15) is 0 Å². The number of aromatic nitrogens is 1. The van der Waals surface area contributed by atoms with Crippen LogP contribution in [0, 0.1) is 17.4 Å². The lowest BCUT2D eigenvalue weighted by molar-refractivity contribution is 0.0690. The van der Waals surface area contributed by atoms with Crippen molar-refractivity contribution in [2.24, 2.45) is 0 Å². The maximum absolute atomic E-state index is 10.9. The minimum atomic E-state index is -0.990. The first-order chi connectivity index (χ1) is 8.47. The van der Waals surface area contributed by atoms with Gasteiger partial charge in [0.05, 0.1) is 0 Å². The zero-order valence-corrected chi connectivity index (χ0v) is 12.8. The van der Waals surface area contributed by atoms with Crippen molar-refractivity contribution in [2.75, 3.05) is 5.32 Å². The Labute approximate surface area is 122 Å². The van der Waals surface area contributed by atoms with E-state index in [4.69, 9.17) is 5.11 Å². The number of hydrogen-bond acceptors (Lipinski definition) is 4. The quantitative estimate of drug-likeness (QED) is 0.803. The van der Waals surface area contributed by atoms with Crippen molar-refractivity contribution in [3.05, 3.63) is 37.9 Å². The number of carboxylic acid groups (broad SMARTS) is 1. The van der Waals surface area contributed by atoms with Crippen molar-refractivity contribution in [1.29, 1.82) is 0 Å². The number of rotatable bonds is 3. The third-order valence-corrected chi connectivity index (χ3v) is 4.47. The monoisotopic (exact) mass is 374 g/mol. The van der Waals surface area contributed by atoms with E-state index < -0.39 is 5.97 Å². The molecule has 0 radical (unpaired) electrons. The van der Waals surface area contributed by atoms with Gasteiger partial charge >= 0.3 is 5.97 Å². The molecule has 18 heavy (non-hydrogen) atoms. The van der Waals surface area contributed by atoms with Crippen molar-refractivity contribution in [1.82, 2.24) is 4.98 Å². The number of aromatic carboxylic acids is 1. The SMILES string of the molecule is Cc1ccc(Nc2nc(C(=O)O)c(C)s2)cc1I. The highest BCUT2D eigenvalue weighted by Gasteiger charge is 2.14. The van der Waals surface area contributed by atoms with Crippen LogP contribution in [0.3, 0.4) is 0 Å². The molecule has 0 amide bonds. The molecule has 0 aliphatic heterocycles. The zero-order valence-electron chi connectivity index (χ0n) is 9.82. The average molecular weight is 374 g/mol. The summed E-state index contributed by atoms with van der Waals surface area (Å²) in [5.74, 6) is -0.990. The molecule has 0 saturated carbocycles. The van der Waals surface area contributed by atoms with E-state index in [-0.39, 0.29) is 5.69 Å². The van der Waals surface area contributed by atoms with E-state index in [0.717, 1.165) is 9.26 Å². The first kappa shape index (κ1) is 13.3. The summed E-state index contributed by atoms with van der Waals surface area (Å²) in [5, 5.41) is 12.7. The number of aryl methyl sites for hydroxylation is 2. The predicted molar refractivity (Wildman–Crippen MR) is 81.0 cm³/mol. The number of thiazole rings is 1. The normalized spacial score (nSPS) is 10.4. The van der Waals surface area contributed by atoms with Crippen molar-refractivity contribution in [2.45, 2.75) is 13.8 Å². The Balaban J connectivity index is 2.26. The Hall–Kier alpha value is -1.15. The Morgan fingerprint density at radius 3 is 2.72 bits per heavy atom. The number of hydrogen-bond donors (Lipinski definition) is 2. The lowest BCUT2D eigenvalue weighted by atomic mass is 10.2. The van der Waals surface area contributed by atoms with E-state index in [9.17, 15) is 4.79 Å². The van der Waals surface area contributed by atoms with Crippen LogP contribution >= 0.6 is 33.9 Å². The molecule has 0 aliphatic carbocycles. The lowest BCUT2D eigenvalue weighted by Gasteiger charge is -2.04. The Morgan fingerprint density at radius 2 is 2.17 bits per heavy atom. The summed E-state index contributed by atoms with van der Waals surface area (Å²) in [7, 11) is 0. The summed E-state index contributed by atoms with van der Waals surface area (Å²) < 4.78 is 1.16. The van der Waals surface area contributed by atoms with Gasteiger partial charge in [0.1, 0.15) is 0 Å². The fourth-order valence-corrected chi connectivity index (χ4v) is 2.78. The largest absolute Gasteiger partial charge is 0.476 e. The highest BCUT2D eigenvalue weighted by molar-refractivity contribution is 14.1. The van der Waals surface area contributed by atoms with Crippen LogP contribution in [-0.4, -0.2) is 16.1 Å². The van der Waals surface area contributed by atoms with Gasteiger partial charge in [0.25, 0.3) is 0 Å². The minimum Gasteiger partial charge on any atom is -0.476 e. The third kappa shape index (κ3) is 2.81. The summed E-state index contributed by atoms with van der Waals surface area (Å²) in [4.78, 5) is 15.7. The second-order valence-electron chi connectivity index (χ2n) is 3.82. The molecule has 2 rings (SSSR count). The maximum atomic E-state index is 10.9. The second-order valence-corrected chi connectivity index (χ2v) is 6.18. The van der Waals surface area contributed by atoms with Gasteiger partial charge in [-0.3, -0.25) is 0 Å². The molecule has 0 unspecified atom stereocenters. The topological polar surface area (TPSA) is 62.2 Å². The van der Waals surface area contributed by atoms with Crippen LogP contribution in [0.4, 0.5) is 10.8 Å². The standard InChI is InChI=1S/C12H11IN2O2S/c1-6-3-4-8(5-9(6)13)14-12-15-10(11(16)17)7(2)18-12/h3-5H,1-2H3,(H,14,15)(H,16,17). The van der Waals surface area contributed by atoms with Gasteiger partial charge < -0.3 is 10.4 Å². The molecule has 0 spiro atoms. The van der Waals surface area contributed by atoms with E-state index >= 15 is 0 Å². The van der Waals surface area contributed by atoms with Crippen LogP contribution in [0.2, 0.25) is 0 Å². The van der Waals surface area contributed by atoms with E-state index in [2.05, 4.69) is 32.9 Å². The minimum absolute atomic E-state index is 0.115. The first-order valence-electron chi connectivity index (χ1n) is 5.21. The number of halogens is 1. The number of nitrogens with one attached hydrogen (secondary N) is 1. The molecule has 2 aromatic rings. The molecule has 0 fully saturated rings. The van der Waals surface area contributed by atoms with Gasteiger partial charge in [-0.15, -0.1) is 11.3 Å². The number of carbonyl (C=O) groups is 1. The highest BCUT2D eigenvalue weighted by atomic mass is 127. The van der Waals surface area contributed by atoms with Crippen LogP contribution < -0.4 is 5.32 Å². The van der Waals surface area contributed by atoms with E-state index in [1.807, 2.05) is 25.1 Å². The van der Waals surface area contributed by atoms with E-state index in [0.29, 0.717) is 10.0 Å². The van der Waals surface area contributed by atoms with Gasteiger partial charge in [0.15, 0.2) is 10.8 Å². The van der Waals surface area contributed by atoms with Crippen LogP contribution in [-0.2, 0) is 0 Å². The van der Waals surface area contributed by atoms with Crippen LogP contribution in [0.15, 0.2) is 18.2 Å². The molecule has 1 heterocycles. The van der Waals surface area contributed by atoms with Gasteiger partial charge in [-0.05, 0) is 54.1 Å². The van der Waals surface area contributed by atoms with Crippen molar-refractivity contribution in [3.8, 4) is 0 Å². The zero-order chi connectivity index (χ0) is 13.3. The molecule has 0 bridgehead atoms. The fourth-order valence-electron chi connectivity index (χ4n) is 1.44. The second kappa shape index (κ2) is 5.23. The van der Waals surface area contributed by atoms with Gasteiger partial charge in [0.2, 0.25) is 0 Å². The summed E-state index contributed by atoms with van der Waals surface area (Å²) in [6, 6.07) is 5.98. The maximum Gasteiger partial charge on any atom is 0.355 e. The van der Waals surface area contributed by atoms with E-state index in [1.54, 1.807) is 6.92 Å². The molecule has 4 nitrogen and oxygen atoms in total. The van der Waals surface area contributed by atoms with Crippen molar-refractivity contribution in [3.63, 3.8) is 0 Å². The van der Waals surface area contributed by atoms with Gasteiger partial charge in [-0.25, -0.2) is 9.78 Å². The molecule has 1 aromatic heterocycles.